The predicted molar refractivity (Wildman–Crippen MR) is 95.8 cm³/mol. The number of hydrogen-bond donors (Lipinski definition) is 1. The van der Waals surface area contributed by atoms with E-state index in [1.807, 2.05) is 0 Å². The van der Waals surface area contributed by atoms with Crippen LogP contribution in [-0.2, 0) is 0 Å². The van der Waals surface area contributed by atoms with Gasteiger partial charge in [0.25, 0.3) is 0 Å². The zero-order valence-corrected chi connectivity index (χ0v) is 15.1. The summed E-state index contributed by atoms with van der Waals surface area (Å²) < 4.78 is 0. The first kappa shape index (κ1) is 18.0. The summed E-state index contributed by atoms with van der Waals surface area (Å²) in [6, 6.07) is 0. The molecule has 0 saturated heterocycles. The fourth-order valence-corrected chi connectivity index (χ4v) is 4.69. The SMILES string of the molecule is CCC1C=CC(CCCC(C)C(O)C2CCCCC2)C(C)C1. The minimum absolute atomic E-state index is 0.0518. The van der Waals surface area contributed by atoms with Crippen molar-refractivity contribution in [3.63, 3.8) is 0 Å². The molecule has 1 fully saturated rings. The third-order valence-corrected chi connectivity index (χ3v) is 6.47. The van der Waals surface area contributed by atoms with Crippen molar-refractivity contribution < 1.29 is 5.11 Å². The number of aliphatic hydroxyl groups excluding tert-OH is 1. The van der Waals surface area contributed by atoms with Gasteiger partial charge in [0.2, 0.25) is 0 Å². The van der Waals surface area contributed by atoms with Gasteiger partial charge in [0.05, 0.1) is 6.10 Å². The highest BCUT2D eigenvalue weighted by Gasteiger charge is 2.27. The monoisotopic (exact) mass is 306 g/mol. The van der Waals surface area contributed by atoms with E-state index in [0.717, 1.165) is 17.8 Å². The van der Waals surface area contributed by atoms with Gasteiger partial charge in [0.15, 0.2) is 0 Å². The lowest BCUT2D eigenvalue weighted by Gasteiger charge is -2.32. The van der Waals surface area contributed by atoms with E-state index in [-0.39, 0.29) is 6.10 Å². The largest absolute Gasteiger partial charge is 0.393 e. The quantitative estimate of drug-likeness (QED) is 0.574. The molecule has 0 radical (unpaired) electrons. The van der Waals surface area contributed by atoms with Crippen LogP contribution in [0.15, 0.2) is 12.2 Å². The Morgan fingerprint density at radius 2 is 1.86 bits per heavy atom. The molecule has 0 aromatic heterocycles. The number of rotatable bonds is 7. The lowest BCUT2D eigenvalue weighted by atomic mass is 9.76. The van der Waals surface area contributed by atoms with Gasteiger partial charge in [0.1, 0.15) is 0 Å². The van der Waals surface area contributed by atoms with Crippen LogP contribution in [0.1, 0.15) is 85.0 Å². The minimum Gasteiger partial charge on any atom is -0.393 e. The summed E-state index contributed by atoms with van der Waals surface area (Å²) in [7, 11) is 0. The van der Waals surface area contributed by atoms with E-state index >= 15 is 0 Å². The number of hydrogen-bond acceptors (Lipinski definition) is 1. The van der Waals surface area contributed by atoms with E-state index in [1.165, 1.54) is 64.2 Å². The molecule has 2 aliphatic carbocycles. The zero-order valence-electron chi connectivity index (χ0n) is 15.1. The molecule has 1 nitrogen and oxygen atoms in total. The highest BCUT2D eigenvalue weighted by molar-refractivity contribution is 5.00. The van der Waals surface area contributed by atoms with Crippen LogP contribution in [0.3, 0.4) is 0 Å². The molecule has 1 N–H and O–H groups in total. The number of allylic oxidation sites excluding steroid dienone is 2. The van der Waals surface area contributed by atoms with Gasteiger partial charge in [-0.3, -0.25) is 0 Å². The standard InChI is InChI=1S/C21H38O/c1-4-18-13-14-19(17(3)15-18)12-8-9-16(2)21(22)20-10-6-5-7-11-20/h13-14,16-22H,4-12,15H2,1-3H3. The fraction of sp³-hybridized carbons (Fsp3) is 0.905. The maximum absolute atomic E-state index is 10.6. The molecule has 0 aliphatic heterocycles. The van der Waals surface area contributed by atoms with Gasteiger partial charge in [-0.25, -0.2) is 0 Å². The van der Waals surface area contributed by atoms with Crippen LogP contribution in [0.25, 0.3) is 0 Å². The zero-order chi connectivity index (χ0) is 15.9. The maximum atomic E-state index is 10.6. The van der Waals surface area contributed by atoms with Gasteiger partial charge in [-0.05, 0) is 68.1 Å². The van der Waals surface area contributed by atoms with Gasteiger partial charge in [-0.2, -0.15) is 0 Å². The van der Waals surface area contributed by atoms with Crippen LogP contribution in [0, 0.1) is 29.6 Å². The molecule has 5 unspecified atom stereocenters. The third kappa shape index (κ3) is 5.11. The van der Waals surface area contributed by atoms with Crippen molar-refractivity contribution in [2.24, 2.45) is 29.6 Å². The molecule has 2 aliphatic rings. The van der Waals surface area contributed by atoms with Crippen molar-refractivity contribution in [1.29, 1.82) is 0 Å². The molecule has 128 valence electrons. The molecule has 0 amide bonds. The lowest BCUT2D eigenvalue weighted by Crippen LogP contribution is -2.29. The fourth-order valence-electron chi connectivity index (χ4n) is 4.69. The minimum atomic E-state index is -0.0518. The first-order valence-electron chi connectivity index (χ1n) is 9.98. The topological polar surface area (TPSA) is 20.2 Å². The average molecular weight is 307 g/mol. The Morgan fingerprint density at radius 1 is 1.14 bits per heavy atom. The van der Waals surface area contributed by atoms with Crippen molar-refractivity contribution in [2.45, 2.75) is 91.1 Å². The second-order valence-corrected chi connectivity index (χ2v) is 8.23. The summed E-state index contributed by atoms with van der Waals surface area (Å²) in [6.45, 7) is 7.00. The Hall–Kier alpha value is -0.300. The van der Waals surface area contributed by atoms with Crippen molar-refractivity contribution in [3.05, 3.63) is 12.2 Å². The van der Waals surface area contributed by atoms with Crippen LogP contribution in [0.4, 0.5) is 0 Å². The van der Waals surface area contributed by atoms with Crippen molar-refractivity contribution >= 4 is 0 Å². The van der Waals surface area contributed by atoms with Crippen LogP contribution in [0.2, 0.25) is 0 Å². The van der Waals surface area contributed by atoms with E-state index in [1.54, 1.807) is 0 Å². The normalized spacial score (nSPS) is 32.8. The summed E-state index contributed by atoms with van der Waals surface area (Å²) >= 11 is 0. The van der Waals surface area contributed by atoms with Gasteiger partial charge in [-0.1, -0.05) is 58.6 Å². The molecule has 1 heteroatoms. The molecule has 0 aromatic rings. The van der Waals surface area contributed by atoms with E-state index in [2.05, 4.69) is 32.9 Å². The summed E-state index contributed by atoms with van der Waals surface area (Å²) in [6.07, 6.45) is 17.9. The molecule has 22 heavy (non-hydrogen) atoms. The average Bonchev–Trinajstić information content (AvgIpc) is 2.56. The number of aliphatic hydroxyl groups is 1. The third-order valence-electron chi connectivity index (χ3n) is 6.47. The smallest absolute Gasteiger partial charge is 0.0593 e. The van der Waals surface area contributed by atoms with Crippen molar-refractivity contribution in [1.82, 2.24) is 0 Å². The second-order valence-electron chi connectivity index (χ2n) is 8.23. The first-order valence-corrected chi connectivity index (χ1v) is 9.98. The van der Waals surface area contributed by atoms with E-state index < -0.39 is 0 Å². The Morgan fingerprint density at radius 3 is 2.50 bits per heavy atom. The lowest BCUT2D eigenvalue weighted by molar-refractivity contribution is 0.0353. The molecule has 0 aromatic carbocycles. The molecule has 5 atom stereocenters. The Bertz CT molecular complexity index is 329. The van der Waals surface area contributed by atoms with Crippen molar-refractivity contribution in [2.75, 3.05) is 0 Å². The summed E-state index contributed by atoms with van der Waals surface area (Å²) in [4.78, 5) is 0. The van der Waals surface area contributed by atoms with Gasteiger partial charge in [0, 0.05) is 0 Å². The van der Waals surface area contributed by atoms with Crippen LogP contribution in [-0.4, -0.2) is 11.2 Å². The van der Waals surface area contributed by atoms with E-state index in [0.29, 0.717) is 11.8 Å². The maximum Gasteiger partial charge on any atom is 0.0593 e. The first-order chi connectivity index (χ1) is 10.6. The van der Waals surface area contributed by atoms with Crippen LogP contribution in [0.5, 0.6) is 0 Å². The molecule has 0 spiro atoms. The predicted octanol–water partition coefficient (Wildman–Crippen LogP) is 5.97. The molecular formula is C21H38O. The highest BCUT2D eigenvalue weighted by Crippen LogP contribution is 2.34. The van der Waals surface area contributed by atoms with Gasteiger partial charge >= 0.3 is 0 Å². The highest BCUT2D eigenvalue weighted by atomic mass is 16.3. The van der Waals surface area contributed by atoms with E-state index in [4.69, 9.17) is 0 Å². The Labute approximate surface area is 138 Å². The van der Waals surface area contributed by atoms with Gasteiger partial charge in [-0.15, -0.1) is 0 Å². The van der Waals surface area contributed by atoms with Crippen LogP contribution < -0.4 is 0 Å². The molecular weight excluding hydrogens is 268 g/mol. The molecule has 0 heterocycles. The Kier molecular flexibility index (Phi) is 7.47. The Balaban J connectivity index is 1.69. The summed E-state index contributed by atoms with van der Waals surface area (Å²) in [5.41, 5.74) is 0. The molecule has 0 bridgehead atoms. The summed E-state index contributed by atoms with van der Waals surface area (Å²) in [5.74, 6) is 3.51. The van der Waals surface area contributed by atoms with Crippen LogP contribution >= 0.6 is 0 Å². The molecule has 1 saturated carbocycles. The van der Waals surface area contributed by atoms with Crippen molar-refractivity contribution in [3.8, 4) is 0 Å². The van der Waals surface area contributed by atoms with E-state index in [9.17, 15) is 5.11 Å². The second kappa shape index (κ2) is 9.11. The molecule has 2 rings (SSSR count). The van der Waals surface area contributed by atoms with Gasteiger partial charge < -0.3 is 5.11 Å². The summed E-state index contributed by atoms with van der Waals surface area (Å²) in [5, 5.41) is 10.6.